The smallest absolute Gasteiger partial charge is 0.326 e. The first-order chi connectivity index (χ1) is 12.8. The van der Waals surface area contributed by atoms with Gasteiger partial charge >= 0.3 is 6.18 Å². The lowest BCUT2D eigenvalue weighted by Gasteiger charge is -2.31. The molecule has 1 amide bonds. The predicted molar refractivity (Wildman–Crippen MR) is 99.3 cm³/mol. The van der Waals surface area contributed by atoms with Crippen LogP contribution in [-0.2, 0) is 17.5 Å². The molecule has 1 aliphatic heterocycles. The standard InChI is InChI=1S/C21H23F3N2O/c1-15-5-2-3-6-17(15)14-26-11-9-16(10-12-26)20(27)25-19-8-4-7-18(13-19)21(22,23)24/h2-8,13,16H,9-12,14H2,1H3,(H,25,27). The number of likely N-dealkylation sites (tertiary alicyclic amines) is 1. The second kappa shape index (κ2) is 8.13. The number of piperidine rings is 1. The molecule has 0 saturated carbocycles. The van der Waals surface area contributed by atoms with E-state index < -0.39 is 11.7 Å². The molecule has 1 fully saturated rings. The number of amides is 1. The predicted octanol–water partition coefficient (Wildman–Crippen LogP) is 4.86. The van der Waals surface area contributed by atoms with Crippen molar-refractivity contribution < 1.29 is 18.0 Å². The fraction of sp³-hybridized carbons (Fsp3) is 0.381. The maximum absolute atomic E-state index is 12.8. The first-order valence-corrected chi connectivity index (χ1v) is 9.08. The zero-order chi connectivity index (χ0) is 19.4. The Kier molecular flexibility index (Phi) is 5.85. The largest absolute Gasteiger partial charge is 0.416 e. The Balaban J connectivity index is 1.54. The van der Waals surface area contributed by atoms with Gasteiger partial charge in [-0.2, -0.15) is 13.2 Å². The van der Waals surface area contributed by atoms with E-state index in [0.29, 0.717) is 12.8 Å². The topological polar surface area (TPSA) is 32.3 Å². The summed E-state index contributed by atoms with van der Waals surface area (Å²) in [6, 6.07) is 13.0. The van der Waals surface area contributed by atoms with E-state index in [1.165, 1.54) is 23.3 Å². The summed E-state index contributed by atoms with van der Waals surface area (Å²) in [6.07, 6.45) is -3.00. The van der Waals surface area contributed by atoms with Crippen LogP contribution in [0.2, 0.25) is 0 Å². The molecule has 0 unspecified atom stereocenters. The van der Waals surface area contributed by atoms with Crippen LogP contribution in [0.4, 0.5) is 18.9 Å². The Hall–Kier alpha value is -2.34. The Morgan fingerprint density at radius 2 is 1.81 bits per heavy atom. The molecule has 3 nitrogen and oxygen atoms in total. The number of nitrogens with zero attached hydrogens (tertiary/aromatic N) is 1. The number of benzene rings is 2. The van der Waals surface area contributed by atoms with Gasteiger partial charge in [0.25, 0.3) is 0 Å². The summed E-state index contributed by atoms with van der Waals surface area (Å²) in [7, 11) is 0. The average molecular weight is 376 g/mol. The molecule has 0 bridgehead atoms. The van der Waals surface area contributed by atoms with Crippen LogP contribution in [0.3, 0.4) is 0 Å². The van der Waals surface area contributed by atoms with Crippen molar-refractivity contribution in [2.45, 2.75) is 32.5 Å². The molecule has 1 aliphatic rings. The van der Waals surface area contributed by atoms with Crippen molar-refractivity contribution in [3.63, 3.8) is 0 Å². The van der Waals surface area contributed by atoms with E-state index in [-0.39, 0.29) is 17.5 Å². The summed E-state index contributed by atoms with van der Waals surface area (Å²) < 4.78 is 38.4. The molecule has 0 spiro atoms. The van der Waals surface area contributed by atoms with Gasteiger partial charge in [0.15, 0.2) is 0 Å². The fourth-order valence-electron chi connectivity index (χ4n) is 3.40. The van der Waals surface area contributed by atoms with Crippen LogP contribution in [0.25, 0.3) is 0 Å². The number of nitrogens with one attached hydrogen (secondary N) is 1. The van der Waals surface area contributed by atoms with Crippen LogP contribution >= 0.6 is 0 Å². The van der Waals surface area contributed by atoms with Crippen molar-refractivity contribution in [1.29, 1.82) is 0 Å². The highest BCUT2D eigenvalue weighted by molar-refractivity contribution is 5.92. The molecule has 1 heterocycles. The third-order valence-electron chi connectivity index (χ3n) is 5.07. The third-order valence-corrected chi connectivity index (χ3v) is 5.07. The van der Waals surface area contributed by atoms with Crippen LogP contribution in [0.15, 0.2) is 48.5 Å². The zero-order valence-corrected chi connectivity index (χ0v) is 15.2. The normalized spacial score (nSPS) is 16.3. The second-order valence-electron chi connectivity index (χ2n) is 7.04. The number of alkyl halides is 3. The van der Waals surface area contributed by atoms with E-state index >= 15 is 0 Å². The molecule has 1 saturated heterocycles. The van der Waals surface area contributed by atoms with Crippen molar-refractivity contribution in [2.75, 3.05) is 18.4 Å². The Morgan fingerprint density at radius 3 is 2.48 bits per heavy atom. The lowest BCUT2D eigenvalue weighted by atomic mass is 9.95. The minimum absolute atomic E-state index is 0.173. The number of carbonyl (C=O) groups excluding carboxylic acids is 1. The molecule has 3 rings (SSSR count). The molecule has 0 aliphatic carbocycles. The van der Waals surface area contributed by atoms with E-state index in [1.54, 1.807) is 0 Å². The molecule has 0 radical (unpaired) electrons. The number of hydrogen-bond donors (Lipinski definition) is 1. The van der Waals surface area contributed by atoms with Gasteiger partial charge in [0.2, 0.25) is 5.91 Å². The van der Waals surface area contributed by atoms with Crippen molar-refractivity contribution in [3.05, 3.63) is 65.2 Å². The highest BCUT2D eigenvalue weighted by Gasteiger charge is 2.31. The number of halogens is 3. The summed E-state index contributed by atoms with van der Waals surface area (Å²) in [5.41, 5.74) is 1.97. The molecular formula is C21H23F3N2O. The SMILES string of the molecule is Cc1ccccc1CN1CCC(C(=O)Nc2cccc(C(F)(F)F)c2)CC1. The third kappa shape index (κ3) is 5.10. The van der Waals surface area contributed by atoms with Crippen molar-refractivity contribution >= 4 is 11.6 Å². The quantitative estimate of drug-likeness (QED) is 0.826. The van der Waals surface area contributed by atoms with E-state index in [2.05, 4.69) is 29.3 Å². The first kappa shape index (κ1) is 19.4. The minimum Gasteiger partial charge on any atom is -0.326 e. The number of anilines is 1. The monoisotopic (exact) mass is 376 g/mol. The first-order valence-electron chi connectivity index (χ1n) is 9.08. The maximum atomic E-state index is 12.8. The lowest BCUT2D eigenvalue weighted by molar-refractivity contribution is -0.137. The van der Waals surface area contributed by atoms with Crippen LogP contribution in [0.5, 0.6) is 0 Å². The molecular weight excluding hydrogens is 353 g/mol. The van der Waals surface area contributed by atoms with Gasteiger partial charge in [-0.15, -0.1) is 0 Å². The van der Waals surface area contributed by atoms with Crippen LogP contribution in [0.1, 0.15) is 29.5 Å². The Labute approximate surface area is 157 Å². The highest BCUT2D eigenvalue weighted by atomic mass is 19.4. The van der Waals surface area contributed by atoms with E-state index in [9.17, 15) is 18.0 Å². The Bertz CT molecular complexity index is 796. The lowest BCUT2D eigenvalue weighted by Crippen LogP contribution is -2.37. The number of aryl methyl sites for hydroxylation is 1. The summed E-state index contributed by atoms with van der Waals surface area (Å²) in [5, 5.41) is 2.64. The molecule has 2 aromatic carbocycles. The zero-order valence-electron chi connectivity index (χ0n) is 15.2. The number of hydrogen-bond acceptors (Lipinski definition) is 2. The van der Waals surface area contributed by atoms with E-state index in [1.807, 2.05) is 12.1 Å². The molecule has 1 N–H and O–H groups in total. The number of rotatable bonds is 4. The van der Waals surface area contributed by atoms with Gasteiger partial charge in [-0.05, 0) is 62.2 Å². The summed E-state index contributed by atoms with van der Waals surface area (Å²) in [5.74, 6) is -0.377. The van der Waals surface area contributed by atoms with E-state index in [4.69, 9.17) is 0 Å². The average Bonchev–Trinajstić information content (AvgIpc) is 2.64. The second-order valence-corrected chi connectivity index (χ2v) is 7.04. The van der Waals surface area contributed by atoms with Gasteiger partial charge in [0.05, 0.1) is 5.56 Å². The molecule has 144 valence electrons. The van der Waals surface area contributed by atoms with Crippen molar-refractivity contribution in [3.8, 4) is 0 Å². The van der Waals surface area contributed by atoms with Gasteiger partial charge in [-0.25, -0.2) is 0 Å². The summed E-state index contributed by atoms with van der Waals surface area (Å²) in [4.78, 5) is 14.8. The highest BCUT2D eigenvalue weighted by Crippen LogP contribution is 2.31. The molecule has 2 aromatic rings. The Morgan fingerprint density at radius 1 is 1.11 bits per heavy atom. The molecule has 0 aromatic heterocycles. The number of carbonyl (C=O) groups is 1. The summed E-state index contributed by atoms with van der Waals surface area (Å²) in [6.45, 7) is 4.54. The van der Waals surface area contributed by atoms with Gasteiger partial charge < -0.3 is 5.32 Å². The molecule has 27 heavy (non-hydrogen) atoms. The van der Waals surface area contributed by atoms with Gasteiger partial charge in [0.1, 0.15) is 0 Å². The van der Waals surface area contributed by atoms with Gasteiger partial charge in [-0.3, -0.25) is 9.69 Å². The van der Waals surface area contributed by atoms with Gasteiger partial charge in [-0.1, -0.05) is 30.3 Å². The van der Waals surface area contributed by atoms with Gasteiger partial charge in [0, 0.05) is 18.2 Å². The molecule has 6 heteroatoms. The minimum atomic E-state index is -4.42. The van der Waals surface area contributed by atoms with Crippen LogP contribution < -0.4 is 5.32 Å². The summed E-state index contributed by atoms with van der Waals surface area (Å²) >= 11 is 0. The van der Waals surface area contributed by atoms with Crippen molar-refractivity contribution in [1.82, 2.24) is 4.90 Å². The fourth-order valence-corrected chi connectivity index (χ4v) is 3.40. The van der Waals surface area contributed by atoms with Crippen LogP contribution in [0, 0.1) is 12.8 Å². The maximum Gasteiger partial charge on any atom is 0.416 e. The van der Waals surface area contributed by atoms with E-state index in [0.717, 1.165) is 31.8 Å². The van der Waals surface area contributed by atoms with Crippen LogP contribution in [-0.4, -0.2) is 23.9 Å². The van der Waals surface area contributed by atoms with Crippen molar-refractivity contribution in [2.24, 2.45) is 5.92 Å². The molecule has 0 atom stereocenters.